The number of methoxy groups -OCH3 is 1. The van der Waals surface area contributed by atoms with Crippen LogP contribution in [0.5, 0.6) is 5.75 Å². The summed E-state index contributed by atoms with van der Waals surface area (Å²) in [5.41, 5.74) is 3.33. The molecule has 1 aromatic carbocycles. The number of ether oxygens (including phenoxy) is 1. The van der Waals surface area contributed by atoms with E-state index in [1.54, 1.807) is 25.3 Å². The molecule has 2 rings (SSSR count). The number of aldehydes is 1. The normalized spacial score (nSPS) is 9.86. The fourth-order valence-corrected chi connectivity index (χ4v) is 2.10. The third-order valence-electron chi connectivity index (χ3n) is 3.32. The van der Waals surface area contributed by atoms with Gasteiger partial charge in [-0.15, -0.1) is 0 Å². The molecule has 0 amide bonds. The Morgan fingerprint density at radius 2 is 2.18 bits per heavy atom. The van der Waals surface area contributed by atoms with E-state index in [1.807, 2.05) is 19.1 Å². The number of carbonyl (C=O) groups is 1. The third kappa shape index (κ3) is 3.41. The van der Waals surface area contributed by atoms with Gasteiger partial charge >= 0.3 is 0 Å². The minimum Gasteiger partial charge on any atom is -0.495 e. The standard InChI is InChI=1S/C17H17N3O2/c1-3-14-5-7-17(22-2)16(20-14)10-19-15-6-4-12(11-21)8-13(15)9-18/h4-8,11,19H,3,10H2,1-2H3. The van der Waals surface area contributed by atoms with Crippen LogP contribution in [-0.2, 0) is 13.0 Å². The van der Waals surface area contributed by atoms with Crippen LogP contribution in [0.15, 0.2) is 30.3 Å². The molecule has 0 spiro atoms. The van der Waals surface area contributed by atoms with E-state index < -0.39 is 0 Å². The molecule has 112 valence electrons. The summed E-state index contributed by atoms with van der Waals surface area (Å²) in [4.78, 5) is 15.3. The number of pyridine rings is 1. The van der Waals surface area contributed by atoms with Crippen molar-refractivity contribution >= 4 is 12.0 Å². The predicted octanol–water partition coefficient (Wildman–Crippen LogP) is 2.95. The molecule has 0 unspecified atom stereocenters. The molecule has 0 saturated heterocycles. The molecule has 0 radical (unpaired) electrons. The zero-order valence-corrected chi connectivity index (χ0v) is 12.6. The van der Waals surface area contributed by atoms with E-state index in [9.17, 15) is 10.1 Å². The van der Waals surface area contributed by atoms with Gasteiger partial charge < -0.3 is 10.1 Å². The van der Waals surface area contributed by atoms with Crippen LogP contribution in [-0.4, -0.2) is 18.4 Å². The summed E-state index contributed by atoms with van der Waals surface area (Å²) in [6, 6.07) is 10.9. The number of nitriles is 1. The molecular weight excluding hydrogens is 278 g/mol. The molecule has 0 aliphatic rings. The predicted molar refractivity (Wildman–Crippen MR) is 84.0 cm³/mol. The number of nitrogens with zero attached hydrogens (tertiary/aromatic N) is 2. The molecule has 5 heteroatoms. The van der Waals surface area contributed by atoms with Gasteiger partial charge in [-0.3, -0.25) is 9.78 Å². The number of hydrogen-bond donors (Lipinski definition) is 1. The molecule has 0 atom stereocenters. The Morgan fingerprint density at radius 1 is 1.36 bits per heavy atom. The van der Waals surface area contributed by atoms with E-state index >= 15 is 0 Å². The second-order valence-electron chi connectivity index (χ2n) is 4.69. The molecule has 0 fully saturated rings. The number of rotatable bonds is 6. The van der Waals surface area contributed by atoms with E-state index in [-0.39, 0.29) is 0 Å². The summed E-state index contributed by atoms with van der Waals surface area (Å²) < 4.78 is 5.31. The largest absolute Gasteiger partial charge is 0.495 e. The average Bonchev–Trinajstić information content (AvgIpc) is 2.59. The zero-order valence-electron chi connectivity index (χ0n) is 12.6. The third-order valence-corrected chi connectivity index (χ3v) is 3.32. The Kier molecular flexibility index (Phi) is 5.10. The highest BCUT2D eigenvalue weighted by atomic mass is 16.5. The van der Waals surface area contributed by atoms with Crippen molar-refractivity contribution < 1.29 is 9.53 Å². The highest BCUT2D eigenvalue weighted by Crippen LogP contribution is 2.21. The van der Waals surface area contributed by atoms with Crippen LogP contribution in [0, 0.1) is 11.3 Å². The Morgan fingerprint density at radius 3 is 2.82 bits per heavy atom. The minimum atomic E-state index is 0.426. The van der Waals surface area contributed by atoms with Crippen LogP contribution in [0.3, 0.4) is 0 Å². The molecular formula is C17H17N3O2. The Labute approximate surface area is 129 Å². The number of carbonyl (C=O) groups excluding carboxylic acids is 1. The van der Waals surface area contributed by atoms with Crippen LogP contribution in [0.25, 0.3) is 0 Å². The first-order valence-corrected chi connectivity index (χ1v) is 6.97. The smallest absolute Gasteiger partial charge is 0.150 e. The maximum absolute atomic E-state index is 10.8. The van der Waals surface area contributed by atoms with Crippen LogP contribution >= 0.6 is 0 Å². The van der Waals surface area contributed by atoms with E-state index in [1.165, 1.54) is 0 Å². The summed E-state index contributed by atoms with van der Waals surface area (Å²) in [5.74, 6) is 0.702. The van der Waals surface area contributed by atoms with Crippen molar-refractivity contribution in [2.45, 2.75) is 19.9 Å². The molecule has 5 nitrogen and oxygen atoms in total. The molecule has 1 aromatic heterocycles. The number of nitrogens with one attached hydrogen (secondary N) is 1. The Bertz CT molecular complexity index is 720. The van der Waals surface area contributed by atoms with Crippen LogP contribution < -0.4 is 10.1 Å². The van der Waals surface area contributed by atoms with Crippen molar-refractivity contribution in [3.8, 4) is 11.8 Å². The van der Waals surface area contributed by atoms with Gasteiger partial charge in [0.05, 0.1) is 24.9 Å². The lowest BCUT2D eigenvalue weighted by Gasteiger charge is -2.12. The Balaban J connectivity index is 2.23. The molecule has 2 aromatic rings. The first-order chi connectivity index (χ1) is 10.7. The maximum atomic E-state index is 10.8. The van der Waals surface area contributed by atoms with E-state index in [0.29, 0.717) is 29.1 Å². The van der Waals surface area contributed by atoms with Gasteiger partial charge in [0, 0.05) is 11.3 Å². The minimum absolute atomic E-state index is 0.426. The van der Waals surface area contributed by atoms with Crippen LogP contribution in [0.4, 0.5) is 5.69 Å². The number of aryl methyl sites for hydroxylation is 1. The number of anilines is 1. The second-order valence-corrected chi connectivity index (χ2v) is 4.69. The van der Waals surface area contributed by atoms with Gasteiger partial charge in [0.1, 0.15) is 23.8 Å². The lowest BCUT2D eigenvalue weighted by atomic mass is 10.1. The second kappa shape index (κ2) is 7.23. The van der Waals surface area contributed by atoms with Crippen molar-refractivity contribution in [2.24, 2.45) is 0 Å². The van der Waals surface area contributed by atoms with Gasteiger partial charge in [-0.25, -0.2) is 0 Å². The highest BCUT2D eigenvalue weighted by molar-refractivity contribution is 5.77. The van der Waals surface area contributed by atoms with Gasteiger partial charge in [0.15, 0.2) is 0 Å². The molecule has 1 N–H and O–H groups in total. The first kappa shape index (κ1) is 15.5. The van der Waals surface area contributed by atoms with Gasteiger partial charge in [0.25, 0.3) is 0 Å². The summed E-state index contributed by atoms with van der Waals surface area (Å²) in [6.45, 7) is 2.48. The summed E-state index contributed by atoms with van der Waals surface area (Å²) >= 11 is 0. The van der Waals surface area contributed by atoms with Crippen molar-refractivity contribution in [1.29, 1.82) is 5.26 Å². The van der Waals surface area contributed by atoms with Crippen molar-refractivity contribution in [3.05, 3.63) is 52.8 Å². The highest BCUT2D eigenvalue weighted by Gasteiger charge is 2.08. The SMILES string of the molecule is CCc1ccc(OC)c(CNc2ccc(C=O)cc2C#N)n1. The lowest BCUT2D eigenvalue weighted by Crippen LogP contribution is -2.07. The molecule has 0 aliphatic carbocycles. The molecule has 0 bridgehead atoms. The molecule has 1 heterocycles. The maximum Gasteiger partial charge on any atom is 0.150 e. The summed E-state index contributed by atoms with van der Waals surface area (Å²) in [5, 5.41) is 12.3. The quantitative estimate of drug-likeness (QED) is 0.829. The van der Waals surface area contributed by atoms with Crippen molar-refractivity contribution in [1.82, 2.24) is 4.98 Å². The van der Waals surface area contributed by atoms with Crippen LogP contribution in [0.1, 0.15) is 34.2 Å². The fourth-order valence-electron chi connectivity index (χ4n) is 2.10. The average molecular weight is 295 g/mol. The first-order valence-electron chi connectivity index (χ1n) is 6.97. The van der Waals surface area contributed by atoms with Crippen molar-refractivity contribution in [2.75, 3.05) is 12.4 Å². The van der Waals surface area contributed by atoms with E-state index in [4.69, 9.17) is 4.74 Å². The Hall–Kier alpha value is -2.87. The monoisotopic (exact) mass is 295 g/mol. The summed E-state index contributed by atoms with van der Waals surface area (Å²) in [6.07, 6.45) is 1.56. The fraction of sp³-hybridized carbons (Fsp3) is 0.235. The van der Waals surface area contributed by atoms with Gasteiger partial charge in [-0.05, 0) is 36.8 Å². The van der Waals surface area contributed by atoms with E-state index in [0.717, 1.165) is 24.1 Å². The lowest BCUT2D eigenvalue weighted by molar-refractivity contribution is 0.112. The number of hydrogen-bond acceptors (Lipinski definition) is 5. The van der Waals surface area contributed by atoms with Crippen molar-refractivity contribution in [3.63, 3.8) is 0 Å². The van der Waals surface area contributed by atoms with E-state index in [2.05, 4.69) is 16.4 Å². The topological polar surface area (TPSA) is 75.0 Å². The van der Waals surface area contributed by atoms with Gasteiger partial charge in [-0.1, -0.05) is 6.92 Å². The summed E-state index contributed by atoms with van der Waals surface area (Å²) in [7, 11) is 1.60. The number of benzene rings is 1. The molecule has 0 aliphatic heterocycles. The zero-order chi connectivity index (χ0) is 15.9. The van der Waals surface area contributed by atoms with Gasteiger partial charge in [-0.2, -0.15) is 5.26 Å². The molecule has 22 heavy (non-hydrogen) atoms. The number of aromatic nitrogens is 1. The molecule has 0 saturated carbocycles. The van der Waals surface area contributed by atoms with Gasteiger partial charge in [0.2, 0.25) is 0 Å². The van der Waals surface area contributed by atoms with Crippen LogP contribution in [0.2, 0.25) is 0 Å².